The molecule has 17 heavy (non-hydrogen) atoms. The third kappa shape index (κ3) is 3.88. The number of benzene rings is 1. The summed E-state index contributed by atoms with van der Waals surface area (Å²) in [7, 11) is 0. The van der Waals surface area contributed by atoms with Crippen LogP contribution in [0.4, 0.5) is 0 Å². The lowest BCUT2D eigenvalue weighted by molar-refractivity contribution is -0.138. The Bertz CT molecular complexity index is 418. The number of carbonyl (C=O) groups excluding carboxylic acids is 1. The van der Waals surface area contributed by atoms with Crippen molar-refractivity contribution >= 4 is 11.9 Å². The summed E-state index contributed by atoms with van der Waals surface area (Å²) in [5.41, 5.74) is 6.45. The lowest BCUT2D eigenvalue weighted by Crippen LogP contribution is -2.30. The number of carboxylic acids is 1. The first-order valence-electron chi connectivity index (χ1n) is 5.36. The molecule has 1 amide bonds. The van der Waals surface area contributed by atoms with E-state index in [4.69, 9.17) is 10.8 Å². The molecule has 0 aliphatic heterocycles. The van der Waals surface area contributed by atoms with Crippen LogP contribution in [0.2, 0.25) is 0 Å². The number of amides is 1. The fourth-order valence-corrected chi connectivity index (χ4v) is 1.61. The lowest BCUT2D eigenvalue weighted by atomic mass is 10.1. The van der Waals surface area contributed by atoms with Gasteiger partial charge in [0.15, 0.2) is 0 Å². The molecule has 0 aliphatic rings. The number of rotatable bonds is 6. The second-order valence-corrected chi connectivity index (χ2v) is 3.72. The van der Waals surface area contributed by atoms with Crippen LogP contribution in [0.5, 0.6) is 0 Å². The van der Waals surface area contributed by atoms with E-state index in [0.717, 1.165) is 5.56 Å². The van der Waals surface area contributed by atoms with Gasteiger partial charge in [0, 0.05) is 12.1 Å². The highest BCUT2D eigenvalue weighted by molar-refractivity contribution is 5.94. The largest absolute Gasteiger partial charge is 0.480 e. The number of primary amides is 1. The van der Waals surface area contributed by atoms with Gasteiger partial charge in [-0.05, 0) is 18.2 Å². The highest BCUT2D eigenvalue weighted by atomic mass is 16.4. The van der Waals surface area contributed by atoms with Crippen LogP contribution < -0.4 is 5.73 Å². The maximum Gasteiger partial charge on any atom is 0.317 e. The lowest BCUT2D eigenvalue weighted by Gasteiger charge is -2.19. The minimum absolute atomic E-state index is 0.0520. The van der Waals surface area contributed by atoms with Crippen LogP contribution in [0, 0.1) is 0 Å². The van der Waals surface area contributed by atoms with E-state index in [1.165, 1.54) is 0 Å². The van der Waals surface area contributed by atoms with E-state index < -0.39 is 11.9 Å². The summed E-state index contributed by atoms with van der Waals surface area (Å²) in [6.07, 6.45) is 0. The molecule has 5 nitrogen and oxygen atoms in total. The number of carbonyl (C=O) groups is 2. The van der Waals surface area contributed by atoms with Gasteiger partial charge in [-0.15, -0.1) is 0 Å². The molecule has 0 saturated heterocycles. The summed E-state index contributed by atoms with van der Waals surface area (Å²) in [6.45, 7) is 2.82. The number of nitrogens with two attached hydrogens (primary N) is 1. The van der Waals surface area contributed by atoms with Gasteiger partial charge >= 0.3 is 5.97 Å². The van der Waals surface area contributed by atoms with Gasteiger partial charge in [0.2, 0.25) is 5.91 Å². The zero-order valence-corrected chi connectivity index (χ0v) is 9.72. The maximum absolute atomic E-state index is 11.2. The van der Waals surface area contributed by atoms with Crippen molar-refractivity contribution in [1.29, 1.82) is 0 Å². The van der Waals surface area contributed by atoms with Gasteiger partial charge in [0.25, 0.3) is 0 Å². The molecule has 1 rings (SSSR count). The number of hydrogen-bond donors (Lipinski definition) is 2. The fourth-order valence-electron chi connectivity index (χ4n) is 1.61. The number of nitrogens with zero attached hydrogens (tertiary/aromatic N) is 1. The first kappa shape index (κ1) is 13.2. The Hall–Kier alpha value is -1.88. The Morgan fingerprint density at radius 1 is 1.35 bits per heavy atom. The van der Waals surface area contributed by atoms with Crippen molar-refractivity contribution in [2.75, 3.05) is 13.1 Å². The van der Waals surface area contributed by atoms with E-state index >= 15 is 0 Å². The standard InChI is InChI=1S/C12H16N2O3/c1-2-14(8-11(15)16)7-9-5-3-4-6-10(9)12(13)17/h3-6H,2,7-8H2,1H3,(H2,13,17)(H,15,16). The van der Waals surface area contributed by atoms with Crippen LogP contribution in [-0.2, 0) is 11.3 Å². The average Bonchev–Trinajstić information content (AvgIpc) is 2.28. The van der Waals surface area contributed by atoms with Gasteiger partial charge in [0.1, 0.15) is 0 Å². The minimum Gasteiger partial charge on any atom is -0.480 e. The van der Waals surface area contributed by atoms with Crippen LogP contribution in [0.1, 0.15) is 22.8 Å². The smallest absolute Gasteiger partial charge is 0.317 e. The SMILES string of the molecule is CCN(CC(=O)O)Cc1ccccc1C(N)=O. The quantitative estimate of drug-likeness (QED) is 0.761. The highest BCUT2D eigenvalue weighted by Crippen LogP contribution is 2.11. The summed E-state index contributed by atoms with van der Waals surface area (Å²) in [5, 5.41) is 8.74. The fraction of sp³-hybridized carbons (Fsp3) is 0.333. The molecule has 0 heterocycles. The van der Waals surface area contributed by atoms with Crippen LogP contribution in [0.25, 0.3) is 0 Å². The molecule has 0 bridgehead atoms. The molecule has 3 N–H and O–H groups in total. The van der Waals surface area contributed by atoms with Gasteiger partial charge < -0.3 is 10.8 Å². The third-order valence-electron chi connectivity index (χ3n) is 2.48. The Balaban J connectivity index is 2.85. The maximum atomic E-state index is 11.2. The van der Waals surface area contributed by atoms with Crippen molar-refractivity contribution in [3.63, 3.8) is 0 Å². The summed E-state index contributed by atoms with van der Waals surface area (Å²) >= 11 is 0. The normalized spacial score (nSPS) is 10.5. The predicted molar refractivity (Wildman–Crippen MR) is 63.5 cm³/mol. The Kier molecular flexibility index (Phi) is 4.66. The molecule has 0 aromatic heterocycles. The van der Waals surface area contributed by atoms with Crippen LogP contribution >= 0.6 is 0 Å². The molecule has 5 heteroatoms. The van der Waals surface area contributed by atoms with E-state index in [1.807, 2.05) is 6.92 Å². The third-order valence-corrected chi connectivity index (χ3v) is 2.48. The summed E-state index contributed by atoms with van der Waals surface area (Å²) in [5.74, 6) is -1.38. The zero-order valence-electron chi connectivity index (χ0n) is 9.72. The van der Waals surface area contributed by atoms with Gasteiger partial charge in [-0.1, -0.05) is 25.1 Å². The molecule has 0 aliphatic carbocycles. The molecule has 0 radical (unpaired) electrons. The summed E-state index contributed by atoms with van der Waals surface area (Å²) in [4.78, 5) is 23.6. The highest BCUT2D eigenvalue weighted by Gasteiger charge is 2.12. The molecular weight excluding hydrogens is 220 g/mol. The molecule has 0 spiro atoms. The number of hydrogen-bond acceptors (Lipinski definition) is 3. The predicted octanol–water partition coefficient (Wildman–Crippen LogP) is 0.692. The van der Waals surface area contributed by atoms with Gasteiger partial charge in [-0.3, -0.25) is 14.5 Å². The molecule has 0 fully saturated rings. The van der Waals surface area contributed by atoms with Gasteiger partial charge in [0.05, 0.1) is 6.54 Å². The summed E-state index contributed by atoms with van der Waals surface area (Å²) < 4.78 is 0. The first-order chi connectivity index (χ1) is 8.04. The Labute approximate surface area is 99.8 Å². The molecule has 0 saturated carbocycles. The van der Waals surface area contributed by atoms with Crippen molar-refractivity contribution in [1.82, 2.24) is 4.90 Å². The molecule has 0 atom stereocenters. The van der Waals surface area contributed by atoms with Crippen LogP contribution in [0.15, 0.2) is 24.3 Å². The van der Waals surface area contributed by atoms with Crippen molar-refractivity contribution < 1.29 is 14.7 Å². The zero-order chi connectivity index (χ0) is 12.8. The van der Waals surface area contributed by atoms with E-state index in [-0.39, 0.29) is 6.54 Å². The monoisotopic (exact) mass is 236 g/mol. The molecule has 0 unspecified atom stereocenters. The summed E-state index contributed by atoms with van der Waals surface area (Å²) in [6, 6.07) is 6.96. The Morgan fingerprint density at radius 2 is 2.00 bits per heavy atom. The number of carboxylic acid groups (broad SMARTS) is 1. The van der Waals surface area contributed by atoms with Crippen molar-refractivity contribution in [3.05, 3.63) is 35.4 Å². The van der Waals surface area contributed by atoms with E-state index in [0.29, 0.717) is 18.7 Å². The second kappa shape index (κ2) is 6.00. The van der Waals surface area contributed by atoms with Gasteiger partial charge in [-0.2, -0.15) is 0 Å². The van der Waals surface area contributed by atoms with E-state index in [2.05, 4.69) is 0 Å². The average molecular weight is 236 g/mol. The van der Waals surface area contributed by atoms with Crippen LogP contribution in [0.3, 0.4) is 0 Å². The number of likely N-dealkylation sites (N-methyl/N-ethyl adjacent to an activating group) is 1. The topological polar surface area (TPSA) is 83.6 Å². The second-order valence-electron chi connectivity index (χ2n) is 3.72. The van der Waals surface area contributed by atoms with Crippen molar-refractivity contribution in [2.24, 2.45) is 5.73 Å². The molecule has 1 aromatic carbocycles. The minimum atomic E-state index is -0.886. The van der Waals surface area contributed by atoms with Crippen LogP contribution in [-0.4, -0.2) is 35.0 Å². The first-order valence-corrected chi connectivity index (χ1v) is 5.36. The van der Waals surface area contributed by atoms with Crippen molar-refractivity contribution in [2.45, 2.75) is 13.5 Å². The number of aliphatic carboxylic acids is 1. The van der Waals surface area contributed by atoms with Gasteiger partial charge in [-0.25, -0.2) is 0 Å². The Morgan fingerprint density at radius 3 is 2.53 bits per heavy atom. The molecule has 92 valence electrons. The van der Waals surface area contributed by atoms with E-state index in [1.54, 1.807) is 29.2 Å². The molecule has 1 aromatic rings. The molecular formula is C12H16N2O3. The van der Waals surface area contributed by atoms with Crippen molar-refractivity contribution in [3.8, 4) is 0 Å². The van der Waals surface area contributed by atoms with E-state index in [9.17, 15) is 9.59 Å².